The summed E-state index contributed by atoms with van der Waals surface area (Å²) in [6, 6.07) is 19.0. The number of hydrogen-bond donors (Lipinski definition) is 2. The first-order valence-corrected chi connectivity index (χ1v) is 6.89. The molecule has 2 aromatic rings. The number of thioether (sulfide) groups is 1. The minimum Gasteiger partial charge on any atom is -0.473 e. The van der Waals surface area contributed by atoms with Gasteiger partial charge in [-0.3, -0.25) is 0 Å². The van der Waals surface area contributed by atoms with E-state index in [1.807, 2.05) is 60.7 Å². The van der Waals surface area contributed by atoms with Crippen LogP contribution in [0.15, 0.2) is 60.7 Å². The molecule has 2 rings (SSSR count). The zero-order chi connectivity index (χ0) is 13.7. The van der Waals surface area contributed by atoms with E-state index in [0.29, 0.717) is 9.81 Å². The summed E-state index contributed by atoms with van der Waals surface area (Å²) < 4.78 is 0. The molecule has 0 atom stereocenters. The molecule has 0 aliphatic carbocycles. The van der Waals surface area contributed by atoms with Crippen LogP contribution in [-0.2, 0) is 0 Å². The van der Waals surface area contributed by atoms with Gasteiger partial charge < -0.3 is 5.11 Å². The Labute approximate surface area is 121 Å². The Morgan fingerprint density at radius 3 is 1.84 bits per heavy atom. The van der Waals surface area contributed by atoms with Gasteiger partial charge in [0, 0.05) is 9.81 Å². The average Bonchev–Trinajstić information content (AvgIpc) is 2.46. The molecular formula is C15H12O2S2. The summed E-state index contributed by atoms with van der Waals surface area (Å²) in [5.41, 5.74) is 1.75. The fourth-order valence-corrected chi connectivity index (χ4v) is 2.71. The SMILES string of the molecule is O=C(O)S/C(=C(/S)c1ccccc1)c1ccccc1. The van der Waals surface area contributed by atoms with Crippen molar-refractivity contribution in [2.24, 2.45) is 0 Å². The van der Waals surface area contributed by atoms with Crippen molar-refractivity contribution in [1.82, 2.24) is 0 Å². The van der Waals surface area contributed by atoms with E-state index in [0.717, 1.165) is 22.9 Å². The highest BCUT2D eigenvalue weighted by Gasteiger charge is 2.13. The smallest absolute Gasteiger partial charge is 0.369 e. The predicted octanol–water partition coefficient (Wildman–Crippen LogP) is 4.85. The van der Waals surface area contributed by atoms with E-state index < -0.39 is 5.30 Å². The number of hydrogen-bond acceptors (Lipinski definition) is 3. The van der Waals surface area contributed by atoms with Gasteiger partial charge in [-0.1, -0.05) is 60.7 Å². The maximum atomic E-state index is 11.0. The molecule has 0 fully saturated rings. The number of carboxylic acid groups (broad SMARTS) is 1. The van der Waals surface area contributed by atoms with Crippen molar-refractivity contribution < 1.29 is 9.90 Å². The Hall–Kier alpha value is -1.65. The molecule has 0 amide bonds. The normalized spacial score (nSPS) is 11.8. The van der Waals surface area contributed by atoms with Gasteiger partial charge in [0.2, 0.25) is 0 Å². The lowest BCUT2D eigenvalue weighted by molar-refractivity contribution is 0.222. The molecule has 19 heavy (non-hydrogen) atoms. The first kappa shape index (κ1) is 13.8. The van der Waals surface area contributed by atoms with E-state index in [2.05, 4.69) is 12.6 Å². The van der Waals surface area contributed by atoms with Crippen molar-refractivity contribution in [2.75, 3.05) is 0 Å². The van der Waals surface area contributed by atoms with Crippen LogP contribution >= 0.6 is 24.4 Å². The van der Waals surface area contributed by atoms with Gasteiger partial charge in [-0.15, -0.1) is 12.6 Å². The molecule has 2 nitrogen and oxygen atoms in total. The van der Waals surface area contributed by atoms with Gasteiger partial charge in [-0.05, 0) is 22.9 Å². The molecule has 0 aromatic heterocycles. The van der Waals surface area contributed by atoms with Gasteiger partial charge in [0.1, 0.15) is 0 Å². The average molecular weight is 288 g/mol. The zero-order valence-electron chi connectivity index (χ0n) is 9.98. The van der Waals surface area contributed by atoms with Crippen molar-refractivity contribution >= 4 is 39.5 Å². The van der Waals surface area contributed by atoms with E-state index in [1.54, 1.807) is 0 Å². The summed E-state index contributed by atoms with van der Waals surface area (Å²) >= 11 is 5.27. The Morgan fingerprint density at radius 1 is 0.895 bits per heavy atom. The molecule has 4 heteroatoms. The third-order valence-corrected chi connectivity index (χ3v) is 3.94. The van der Waals surface area contributed by atoms with Gasteiger partial charge in [-0.25, -0.2) is 4.79 Å². The lowest BCUT2D eigenvalue weighted by Crippen LogP contribution is -1.90. The van der Waals surface area contributed by atoms with Crippen LogP contribution in [-0.4, -0.2) is 10.4 Å². The number of thiol groups is 1. The monoisotopic (exact) mass is 288 g/mol. The van der Waals surface area contributed by atoms with Crippen LogP contribution < -0.4 is 0 Å². The third kappa shape index (κ3) is 3.66. The summed E-state index contributed by atoms with van der Waals surface area (Å²) in [4.78, 5) is 12.3. The van der Waals surface area contributed by atoms with Crippen LogP contribution in [0.2, 0.25) is 0 Å². The van der Waals surface area contributed by atoms with E-state index in [-0.39, 0.29) is 0 Å². The fourth-order valence-electron chi connectivity index (χ4n) is 1.65. The molecule has 0 radical (unpaired) electrons. The number of carbonyl (C=O) groups is 1. The van der Waals surface area contributed by atoms with Gasteiger partial charge in [0.25, 0.3) is 0 Å². The largest absolute Gasteiger partial charge is 0.473 e. The van der Waals surface area contributed by atoms with E-state index >= 15 is 0 Å². The lowest BCUT2D eigenvalue weighted by Gasteiger charge is -2.09. The fraction of sp³-hybridized carbons (Fsp3) is 0. The molecule has 0 spiro atoms. The Balaban J connectivity index is 2.51. The van der Waals surface area contributed by atoms with Gasteiger partial charge in [0.05, 0.1) is 0 Å². The highest BCUT2D eigenvalue weighted by Crippen LogP contribution is 2.37. The lowest BCUT2D eigenvalue weighted by atomic mass is 10.1. The summed E-state index contributed by atoms with van der Waals surface area (Å²) in [7, 11) is 0. The maximum Gasteiger partial charge on any atom is 0.369 e. The maximum absolute atomic E-state index is 11.0. The van der Waals surface area contributed by atoms with Crippen LogP contribution in [0.1, 0.15) is 11.1 Å². The number of benzene rings is 2. The Bertz CT molecular complexity index is 592. The summed E-state index contributed by atoms with van der Waals surface area (Å²) in [6.45, 7) is 0. The molecule has 2 aromatic carbocycles. The first-order valence-electron chi connectivity index (χ1n) is 5.63. The van der Waals surface area contributed by atoms with Gasteiger partial charge >= 0.3 is 5.30 Å². The van der Waals surface area contributed by atoms with Crippen LogP contribution in [0.4, 0.5) is 4.79 Å². The molecule has 1 N–H and O–H groups in total. The summed E-state index contributed by atoms with van der Waals surface area (Å²) in [6.07, 6.45) is 0. The molecule has 0 aliphatic rings. The van der Waals surface area contributed by atoms with Crippen molar-refractivity contribution in [3.8, 4) is 0 Å². The van der Waals surface area contributed by atoms with Crippen molar-refractivity contribution in [3.05, 3.63) is 71.8 Å². The van der Waals surface area contributed by atoms with E-state index in [1.165, 1.54) is 0 Å². The second-order valence-corrected chi connectivity index (χ2v) is 5.19. The topological polar surface area (TPSA) is 37.3 Å². The second kappa shape index (κ2) is 6.50. The molecular weight excluding hydrogens is 276 g/mol. The molecule has 96 valence electrons. The standard InChI is InChI=1S/C15H12O2S2/c16-15(17)19-14(12-9-5-2-6-10-12)13(18)11-7-3-1-4-8-11/h1-10,18H,(H,16,17)/b14-13+. The van der Waals surface area contributed by atoms with Crippen molar-refractivity contribution in [3.63, 3.8) is 0 Å². The van der Waals surface area contributed by atoms with Crippen LogP contribution in [0, 0.1) is 0 Å². The highest BCUT2D eigenvalue weighted by molar-refractivity contribution is 8.22. The third-order valence-electron chi connectivity index (χ3n) is 2.49. The molecule has 0 saturated carbocycles. The van der Waals surface area contributed by atoms with E-state index in [9.17, 15) is 4.79 Å². The highest BCUT2D eigenvalue weighted by atomic mass is 32.2. The van der Waals surface area contributed by atoms with E-state index in [4.69, 9.17) is 5.11 Å². The van der Waals surface area contributed by atoms with Crippen LogP contribution in [0.25, 0.3) is 9.81 Å². The molecule has 0 aliphatic heterocycles. The van der Waals surface area contributed by atoms with Crippen molar-refractivity contribution in [1.29, 1.82) is 0 Å². The Morgan fingerprint density at radius 2 is 1.37 bits per heavy atom. The predicted molar refractivity (Wildman–Crippen MR) is 84.3 cm³/mol. The molecule has 0 saturated heterocycles. The van der Waals surface area contributed by atoms with Gasteiger partial charge in [0.15, 0.2) is 0 Å². The minimum absolute atomic E-state index is 0.641. The summed E-state index contributed by atoms with van der Waals surface area (Å²) in [5, 5.41) is 8.09. The zero-order valence-corrected chi connectivity index (χ0v) is 11.7. The summed E-state index contributed by atoms with van der Waals surface area (Å²) in [5.74, 6) is 0. The minimum atomic E-state index is -0.943. The first-order chi connectivity index (χ1) is 9.18. The number of rotatable bonds is 3. The molecule has 0 heterocycles. The molecule has 0 unspecified atom stereocenters. The van der Waals surface area contributed by atoms with Crippen LogP contribution in [0.3, 0.4) is 0 Å². The molecule has 0 bridgehead atoms. The second-order valence-electron chi connectivity index (χ2n) is 3.78. The van der Waals surface area contributed by atoms with Gasteiger partial charge in [-0.2, -0.15) is 0 Å². The van der Waals surface area contributed by atoms with Crippen LogP contribution in [0.5, 0.6) is 0 Å². The Kier molecular flexibility index (Phi) is 4.71. The van der Waals surface area contributed by atoms with Crippen molar-refractivity contribution in [2.45, 2.75) is 0 Å². The quantitative estimate of drug-likeness (QED) is 0.626.